The zero-order chi connectivity index (χ0) is 20.6. The molecular weight excluding hydrogens is 376 g/mol. The smallest absolute Gasteiger partial charge is 0.407 e. The highest BCUT2D eigenvalue weighted by molar-refractivity contribution is 7.09. The fourth-order valence-corrected chi connectivity index (χ4v) is 2.79. The zero-order valence-electron chi connectivity index (χ0n) is 16.5. The number of anilines is 1. The molecule has 0 saturated heterocycles. The van der Waals surface area contributed by atoms with Crippen LogP contribution in [-0.4, -0.2) is 35.8 Å². The number of aryl methyl sites for hydroxylation is 1. The van der Waals surface area contributed by atoms with E-state index in [1.807, 2.05) is 36.6 Å². The summed E-state index contributed by atoms with van der Waals surface area (Å²) in [4.78, 5) is 27.8. The molecular formula is C20H26N4O3S. The van der Waals surface area contributed by atoms with E-state index in [9.17, 15) is 9.59 Å². The van der Waals surface area contributed by atoms with E-state index >= 15 is 0 Å². The number of rotatable bonds is 6. The molecule has 0 aliphatic heterocycles. The number of carbonyl (C=O) groups excluding carboxylic acids is 2. The second-order valence-electron chi connectivity index (χ2n) is 7.02. The highest BCUT2D eigenvalue weighted by atomic mass is 32.1. The molecule has 2 aromatic rings. The Kier molecular flexibility index (Phi) is 7.57. The first-order valence-corrected chi connectivity index (χ1v) is 9.80. The number of benzene rings is 1. The van der Waals surface area contributed by atoms with Crippen LogP contribution in [0.1, 0.15) is 25.8 Å². The Hall–Kier alpha value is -2.87. The molecule has 0 saturated carbocycles. The molecule has 7 nitrogen and oxygen atoms in total. The summed E-state index contributed by atoms with van der Waals surface area (Å²) in [5.41, 5.74) is 2.12. The maximum atomic E-state index is 11.9. The van der Waals surface area contributed by atoms with E-state index in [0.717, 1.165) is 16.3 Å². The van der Waals surface area contributed by atoms with Crippen LogP contribution < -0.4 is 16.0 Å². The van der Waals surface area contributed by atoms with Crippen LogP contribution >= 0.6 is 11.3 Å². The van der Waals surface area contributed by atoms with Crippen LogP contribution in [0.25, 0.3) is 11.3 Å². The molecule has 150 valence electrons. The van der Waals surface area contributed by atoms with Crippen LogP contribution in [0.2, 0.25) is 0 Å². The number of aromatic nitrogens is 1. The molecule has 0 fully saturated rings. The summed E-state index contributed by atoms with van der Waals surface area (Å²) >= 11 is 1.61. The van der Waals surface area contributed by atoms with E-state index < -0.39 is 11.7 Å². The van der Waals surface area contributed by atoms with Crippen LogP contribution in [0.15, 0.2) is 41.8 Å². The average Bonchev–Trinajstić information content (AvgIpc) is 3.03. The van der Waals surface area contributed by atoms with E-state index in [2.05, 4.69) is 20.9 Å². The number of hydrogen-bond acceptors (Lipinski definition) is 5. The Balaban J connectivity index is 1.67. The first kappa shape index (κ1) is 21.4. The highest BCUT2D eigenvalue weighted by Gasteiger charge is 2.14. The molecule has 28 heavy (non-hydrogen) atoms. The van der Waals surface area contributed by atoms with Gasteiger partial charge >= 0.3 is 12.1 Å². The second-order valence-corrected chi connectivity index (χ2v) is 8.08. The number of urea groups is 1. The number of nitrogens with one attached hydrogen (secondary N) is 3. The van der Waals surface area contributed by atoms with E-state index in [1.54, 1.807) is 44.3 Å². The third kappa shape index (κ3) is 7.79. The fraction of sp³-hybridized carbons (Fsp3) is 0.350. The van der Waals surface area contributed by atoms with Gasteiger partial charge < -0.3 is 20.7 Å². The minimum Gasteiger partial charge on any atom is -0.444 e. The molecule has 0 bridgehead atoms. The van der Waals surface area contributed by atoms with Crippen molar-refractivity contribution in [1.29, 1.82) is 0 Å². The van der Waals surface area contributed by atoms with E-state index in [1.165, 1.54) is 0 Å². The van der Waals surface area contributed by atoms with Crippen molar-refractivity contribution in [2.24, 2.45) is 0 Å². The standard InChI is InChI=1S/C20H26N4O3S/c1-14-23-17(13-28-14)15-7-9-16(10-8-15)24-18(25)21-11-5-6-12-22-19(26)27-20(2,3)4/h5-10,13H,11-12H2,1-4H3,(H,22,26)(H2,21,24,25)/b6-5+. The van der Waals surface area contributed by atoms with Crippen molar-refractivity contribution in [1.82, 2.24) is 15.6 Å². The maximum Gasteiger partial charge on any atom is 0.407 e. The first-order chi connectivity index (χ1) is 13.2. The van der Waals surface area contributed by atoms with Gasteiger partial charge in [-0.25, -0.2) is 14.6 Å². The largest absolute Gasteiger partial charge is 0.444 e. The molecule has 2 rings (SSSR count). The predicted molar refractivity (Wildman–Crippen MR) is 113 cm³/mol. The maximum absolute atomic E-state index is 11.9. The molecule has 0 spiro atoms. The van der Waals surface area contributed by atoms with Crippen molar-refractivity contribution in [2.75, 3.05) is 18.4 Å². The van der Waals surface area contributed by atoms with Gasteiger partial charge in [0.2, 0.25) is 0 Å². The molecule has 8 heteroatoms. The molecule has 1 heterocycles. The Labute approximate surface area is 169 Å². The number of alkyl carbamates (subject to hydrolysis) is 1. The number of thiazole rings is 1. The molecule has 0 atom stereocenters. The lowest BCUT2D eigenvalue weighted by atomic mass is 10.1. The van der Waals surface area contributed by atoms with Crippen LogP contribution in [-0.2, 0) is 4.74 Å². The first-order valence-electron chi connectivity index (χ1n) is 8.92. The topological polar surface area (TPSA) is 92.4 Å². The van der Waals surface area contributed by atoms with Crippen molar-refractivity contribution in [2.45, 2.75) is 33.3 Å². The van der Waals surface area contributed by atoms with Crippen LogP contribution in [0, 0.1) is 6.92 Å². The number of nitrogens with zero attached hydrogens (tertiary/aromatic N) is 1. The Morgan fingerprint density at radius 1 is 1.11 bits per heavy atom. The normalized spacial score (nSPS) is 11.3. The van der Waals surface area contributed by atoms with Crippen LogP contribution in [0.3, 0.4) is 0 Å². The van der Waals surface area contributed by atoms with Gasteiger partial charge in [-0.15, -0.1) is 11.3 Å². The summed E-state index contributed by atoms with van der Waals surface area (Å²) < 4.78 is 5.12. The summed E-state index contributed by atoms with van der Waals surface area (Å²) in [5.74, 6) is 0. The van der Waals surface area contributed by atoms with Crippen molar-refractivity contribution >= 4 is 29.1 Å². The predicted octanol–water partition coefficient (Wildman–Crippen LogP) is 4.32. The average molecular weight is 403 g/mol. The van der Waals surface area contributed by atoms with Gasteiger partial charge in [0.1, 0.15) is 5.60 Å². The quantitative estimate of drug-likeness (QED) is 0.628. The molecule has 3 amide bonds. The minimum atomic E-state index is -0.523. The lowest BCUT2D eigenvalue weighted by Crippen LogP contribution is -2.32. The van der Waals surface area contributed by atoms with Gasteiger partial charge in [-0.1, -0.05) is 24.3 Å². The number of amides is 3. The van der Waals surface area contributed by atoms with Gasteiger partial charge in [0, 0.05) is 29.7 Å². The highest BCUT2D eigenvalue weighted by Crippen LogP contribution is 2.23. The molecule has 0 unspecified atom stereocenters. The monoisotopic (exact) mass is 402 g/mol. The van der Waals surface area contributed by atoms with Gasteiger partial charge in [-0.3, -0.25) is 0 Å². The third-order valence-electron chi connectivity index (χ3n) is 3.37. The SMILES string of the molecule is Cc1nc(-c2ccc(NC(=O)NC/C=C/CNC(=O)OC(C)(C)C)cc2)cs1. The van der Waals surface area contributed by atoms with Gasteiger partial charge in [0.05, 0.1) is 10.7 Å². The fourth-order valence-electron chi connectivity index (χ4n) is 2.17. The number of carbonyl (C=O) groups is 2. The Bertz CT molecular complexity index is 823. The molecule has 3 N–H and O–H groups in total. The summed E-state index contributed by atoms with van der Waals surface area (Å²) in [7, 11) is 0. The van der Waals surface area contributed by atoms with Gasteiger partial charge in [0.25, 0.3) is 0 Å². The minimum absolute atomic E-state index is 0.304. The third-order valence-corrected chi connectivity index (χ3v) is 4.14. The second kappa shape index (κ2) is 9.89. The van der Waals surface area contributed by atoms with Crippen LogP contribution in [0.4, 0.5) is 15.3 Å². The van der Waals surface area contributed by atoms with Crippen molar-refractivity contribution in [3.8, 4) is 11.3 Å². The van der Waals surface area contributed by atoms with Gasteiger partial charge in [-0.2, -0.15) is 0 Å². The molecule has 1 aromatic heterocycles. The van der Waals surface area contributed by atoms with E-state index in [4.69, 9.17) is 4.74 Å². The van der Waals surface area contributed by atoms with E-state index in [0.29, 0.717) is 18.8 Å². The Morgan fingerprint density at radius 2 is 1.75 bits per heavy atom. The van der Waals surface area contributed by atoms with Crippen molar-refractivity contribution < 1.29 is 14.3 Å². The van der Waals surface area contributed by atoms with Crippen LogP contribution in [0.5, 0.6) is 0 Å². The summed E-state index contributed by atoms with van der Waals surface area (Å²) in [5, 5.41) is 11.1. The van der Waals surface area contributed by atoms with Gasteiger partial charge in [-0.05, 0) is 39.8 Å². The summed E-state index contributed by atoms with van der Waals surface area (Å²) in [6.07, 6.45) is 3.03. The molecule has 0 aliphatic carbocycles. The number of ether oxygens (including phenoxy) is 1. The summed E-state index contributed by atoms with van der Waals surface area (Å²) in [6.45, 7) is 8.06. The molecule has 0 aliphatic rings. The molecule has 1 aromatic carbocycles. The zero-order valence-corrected chi connectivity index (χ0v) is 17.4. The van der Waals surface area contributed by atoms with Crippen molar-refractivity contribution in [3.05, 3.63) is 46.8 Å². The molecule has 0 radical (unpaired) electrons. The Morgan fingerprint density at radius 3 is 2.32 bits per heavy atom. The number of hydrogen-bond donors (Lipinski definition) is 3. The summed E-state index contributed by atoms with van der Waals surface area (Å²) in [6, 6.07) is 7.22. The lowest BCUT2D eigenvalue weighted by molar-refractivity contribution is 0.0534. The van der Waals surface area contributed by atoms with Crippen molar-refractivity contribution in [3.63, 3.8) is 0 Å². The van der Waals surface area contributed by atoms with Gasteiger partial charge in [0.15, 0.2) is 0 Å². The van der Waals surface area contributed by atoms with E-state index in [-0.39, 0.29) is 6.03 Å². The lowest BCUT2D eigenvalue weighted by Gasteiger charge is -2.19.